The van der Waals surface area contributed by atoms with Crippen molar-refractivity contribution in [2.45, 2.75) is 25.8 Å². The van der Waals surface area contributed by atoms with E-state index in [1.807, 2.05) is 12.2 Å². The van der Waals surface area contributed by atoms with Crippen molar-refractivity contribution < 1.29 is 14.4 Å². The number of carbonyl (C=O) groups excluding carboxylic acids is 3. The number of nitrogens with zero attached hydrogens (tertiary/aromatic N) is 1. The Hall–Kier alpha value is -1.85. The molecule has 25 heavy (non-hydrogen) atoms. The largest absolute Gasteiger partial charge is 0.348 e. The highest BCUT2D eigenvalue weighted by molar-refractivity contribution is 6.35. The third-order valence-corrected chi connectivity index (χ3v) is 5.27. The summed E-state index contributed by atoms with van der Waals surface area (Å²) in [4.78, 5) is 38.2. The van der Waals surface area contributed by atoms with Gasteiger partial charge in [0, 0.05) is 10.0 Å². The summed E-state index contributed by atoms with van der Waals surface area (Å²) in [5.41, 5.74) is 0.719. The molecule has 1 heterocycles. The Morgan fingerprint density at radius 2 is 1.80 bits per heavy atom. The predicted octanol–water partition coefficient (Wildman–Crippen LogP) is 3.12. The number of allylic oxidation sites excluding steroid dienone is 2. The summed E-state index contributed by atoms with van der Waals surface area (Å²) < 4.78 is 0. The van der Waals surface area contributed by atoms with Gasteiger partial charge in [-0.05, 0) is 37.5 Å². The first-order valence-electron chi connectivity index (χ1n) is 8.13. The van der Waals surface area contributed by atoms with Crippen LogP contribution in [-0.4, -0.2) is 29.2 Å². The smallest absolute Gasteiger partial charge is 0.240 e. The van der Waals surface area contributed by atoms with Crippen LogP contribution in [0.1, 0.15) is 31.4 Å². The molecule has 1 saturated heterocycles. The van der Waals surface area contributed by atoms with E-state index in [1.165, 1.54) is 0 Å². The first kappa shape index (κ1) is 18.0. The Labute approximate surface area is 156 Å². The third kappa shape index (κ3) is 3.58. The van der Waals surface area contributed by atoms with Gasteiger partial charge in [-0.1, -0.05) is 41.4 Å². The molecule has 0 saturated carbocycles. The minimum absolute atomic E-state index is 0.258. The van der Waals surface area contributed by atoms with E-state index in [-0.39, 0.29) is 36.2 Å². The maximum absolute atomic E-state index is 12.4. The second-order valence-corrected chi connectivity index (χ2v) is 7.22. The molecule has 1 fully saturated rings. The van der Waals surface area contributed by atoms with Crippen molar-refractivity contribution in [1.82, 2.24) is 10.2 Å². The number of hydrogen-bond acceptors (Lipinski definition) is 3. The number of hydrogen-bond donors (Lipinski definition) is 1. The van der Waals surface area contributed by atoms with Crippen molar-refractivity contribution in [3.05, 3.63) is 46.0 Å². The number of fused-ring (bicyclic) bond motifs is 1. The summed E-state index contributed by atoms with van der Waals surface area (Å²) in [6.45, 7) is 1.52. The zero-order chi connectivity index (χ0) is 18.1. The van der Waals surface area contributed by atoms with Gasteiger partial charge >= 0.3 is 0 Å². The zero-order valence-electron chi connectivity index (χ0n) is 13.7. The second-order valence-electron chi connectivity index (χ2n) is 6.37. The van der Waals surface area contributed by atoms with Crippen LogP contribution in [0.5, 0.6) is 0 Å². The lowest BCUT2D eigenvalue weighted by atomic mass is 9.85. The van der Waals surface area contributed by atoms with Crippen molar-refractivity contribution in [2.24, 2.45) is 11.8 Å². The summed E-state index contributed by atoms with van der Waals surface area (Å²) in [5, 5.41) is 3.74. The predicted molar refractivity (Wildman–Crippen MR) is 95.1 cm³/mol. The molecule has 2 aliphatic rings. The van der Waals surface area contributed by atoms with E-state index in [2.05, 4.69) is 5.32 Å². The molecule has 1 aromatic rings. The molecule has 1 aliphatic heterocycles. The van der Waals surface area contributed by atoms with E-state index in [0.29, 0.717) is 22.9 Å². The van der Waals surface area contributed by atoms with Gasteiger partial charge in [0.1, 0.15) is 6.54 Å². The Morgan fingerprint density at radius 3 is 2.36 bits per heavy atom. The maximum Gasteiger partial charge on any atom is 0.240 e. The fourth-order valence-electron chi connectivity index (χ4n) is 3.39. The van der Waals surface area contributed by atoms with E-state index in [0.717, 1.165) is 10.5 Å². The molecule has 132 valence electrons. The number of amides is 3. The van der Waals surface area contributed by atoms with Crippen LogP contribution >= 0.6 is 23.2 Å². The number of carbonyl (C=O) groups is 3. The molecule has 3 amide bonds. The summed E-state index contributed by atoms with van der Waals surface area (Å²) in [6, 6.07) is 4.67. The van der Waals surface area contributed by atoms with Crippen molar-refractivity contribution in [1.29, 1.82) is 0 Å². The van der Waals surface area contributed by atoms with Crippen molar-refractivity contribution >= 4 is 40.9 Å². The Bertz CT molecular complexity index is 737. The first-order chi connectivity index (χ1) is 11.9. The van der Waals surface area contributed by atoms with Gasteiger partial charge in [-0.2, -0.15) is 0 Å². The molecule has 1 N–H and O–H groups in total. The molecule has 3 atom stereocenters. The van der Waals surface area contributed by atoms with E-state index < -0.39 is 5.91 Å². The highest BCUT2D eigenvalue weighted by atomic mass is 35.5. The standard InChI is InChI=1S/C18H18Cl2N2O3/c1-10(12-7-6-11(19)8-15(12)20)21-16(23)9-22-17(24)13-4-2-3-5-14(13)18(22)25/h2-3,6-8,10,13-14H,4-5,9H2,1H3,(H,21,23)/t10-,13-,14+/m0/s1. The topological polar surface area (TPSA) is 66.5 Å². The number of rotatable bonds is 4. The van der Waals surface area contributed by atoms with Crippen molar-refractivity contribution in [3.63, 3.8) is 0 Å². The lowest BCUT2D eigenvalue weighted by Gasteiger charge is -2.19. The van der Waals surface area contributed by atoms with Crippen LogP contribution in [-0.2, 0) is 14.4 Å². The lowest BCUT2D eigenvalue weighted by molar-refractivity contribution is -0.143. The second kappa shape index (κ2) is 7.18. The summed E-state index contributed by atoms with van der Waals surface area (Å²) in [5.74, 6) is -1.56. The third-order valence-electron chi connectivity index (χ3n) is 4.71. The van der Waals surface area contributed by atoms with Crippen molar-refractivity contribution in [3.8, 4) is 0 Å². The molecule has 0 radical (unpaired) electrons. The summed E-state index contributed by atoms with van der Waals surface area (Å²) in [6.07, 6.45) is 4.95. The molecule has 1 aliphatic carbocycles. The van der Waals surface area contributed by atoms with E-state index in [1.54, 1.807) is 25.1 Å². The van der Waals surface area contributed by atoms with E-state index in [4.69, 9.17) is 23.2 Å². The number of imide groups is 1. The van der Waals surface area contributed by atoms with Crippen LogP contribution in [0, 0.1) is 11.8 Å². The van der Waals surface area contributed by atoms with Crippen LogP contribution in [0.25, 0.3) is 0 Å². The SMILES string of the molecule is C[C@H](NC(=O)CN1C(=O)[C@H]2CC=CC[C@H]2C1=O)c1ccc(Cl)cc1Cl. The number of halogens is 2. The molecule has 0 unspecified atom stereocenters. The van der Waals surface area contributed by atoms with Gasteiger partial charge in [-0.3, -0.25) is 19.3 Å². The average molecular weight is 381 g/mol. The summed E-state index contributed by atoms with van der Waals surface area (Å²) in [7, 11) is 0. The van der Waals surface area contributed by atoms with Gasteiger partial charge in [-0.15, -0.1) is 0 Å². The van der Waals surface area contributed by atoms with Gasteiger partial charge in [-0.25, -0.2) is 0 Å². The Morgan fingerprint density at radius 1 is 1.20 bits per heavy atom. The molecule has 0 spiro atoms. The normalized spacial score (nSPS) is 23.6. The number of likely N-dealkylation sites (tertiary alicyclic amines) is 1. The molecule has 7 heteroatoms. The quantitative estimate of drug-likeness (QED) is 0.644. The summed E-state index contributed by atoms with van der Waals surface area (Å²) >= 11 is 12.0. The van der Waals surface area contributed by atoms with Crippen LogP contribution in [0.4, 0.5) is 0 Å². The van der Waals surface area contributed by atoms with Crippen LogP contribution < -0.4 is 5.32 Å². The number of nitrogens with one attached hydrogen (secondary N) is 1. The average Bonchev–Trinajstić information content (AvgIpc) is 2.80. The fourth-order valence-corrected chi connectivity index (χ4v) is 3.96. The zero-order valence-corrected chi connectivity index (χ0v) is 15.2. The van der Waals surface area contributed by atoms with Gasteiger partial charge in [0.2, 0.25) is 17.7 Å². The van der Waals surface area contributed by atoms with Crippen LogP contribution in [0.3, 0.4) is 0 Å². The molecular formula is C18H18Cl2N2O3. The number of benzene rings is 1. The fraction of sp³-hybridized carbons (Fsp3) is 0.389. The van der Waals surface area contributed by atoms with Gasteiger partial charge in [0.05, 0.1) is 17.9 Å². The molecule has 0 bridgehead atoms. The Balaban J connectivity index is 1.64. The lowest BCUT2D eigenvalue weighted by Crippen LogP contribution is -2.41. The van der Waals surface area contributed by atoms with E-state index >= 15 is 0 Å². The highest BCUT2D eigenvalue weighted by Crippen LogP contribution is 2.35. The highest BCUT2D eigenvalue weighted by Gasteiger charge is 2.47. The maximum atomic E-state index is 12.4. The van der Waals surface area contributed by atoms with Gasteiger partial charge < -0.3 is 5.32 Å². The monoisotopic (exact) mass is 380 g/mol. The minimum Gasteiger partial charge on any atom is -0.348 e. The van der Waals surface area contributed by atoms with Crippen molar-refractivity contribution in [2.75, 3.05) is 6.54 Å². The van der Waals surface area contributed by atoms with Gasteiger partial charge in [0.25, 0.3) is 0 Å². The first-order valence-corrected chi connectivity index (χ1v) is 8.88. The Kier molecular flexibility index (Phi) is 5.16. The minimum atomic E-state index is -0.396. The van der Waals surface area contributed by atoms with E-state index in [9.17, 15) is 14.4 Å². The van der Waals surface area contributed by atoms with Crippen LogP contribution in [0.2, 0.25) is 10.0 Å². The molecule has 0 aromatic heterocycles. The molecule has 1 aromatic carbocycles. The van der Waals surface area contributed by atoms with Gasteiger partial charge in [0.15, 0.2) is 0 Å². The molecule has 3 rings (SSSR count). The molecular weight excluding hydrogens is 363 g/mol. The molecule has 5 nitrogen and oxygen atoms in total. The van der Waals surface area contributed by atoms with Crippen LogP contribution in [0.15, 0.2) is 30.4 Å².